The van der Waals surface area contributed by atoms with Crippen molar-refractivity contribution in [2.24, 2.45) is 0 Å². The molecule has 0 aliphatic carbocycles. The van der Waals surface area contributed by atoms with Crippen LogP contribution in [0.1, 0.15) is 24.8 Å². The van der Waals surface area contributed by atoms with E-state index in [1.807, 2.05) is 6.07 Å². The molecule has 3 nitrogen and oxygen atoms in total. The Bertz CT molecular complexity index is 362. The van der Waals surface area contributed by atoms with Crippen molar-refractivity contribution in [1.29, 1.82) is 0 Å². The van der Waals surface area contributed by atoms with Gasteiger partial charge >= 0.3 is 0 Å². The van der Waals surface area contributed by atoms with E-state index in [0.29, 0.717) is 6.04 Å². The molecule has 3 atom stereocenters. The van der Waals surface area contributed by atoms with E-state index in [-0.39, 0.29) is 12.4 Å². The largest absolute Gasteiger partial charge is 0.350 e. The summed E-state index contributed by atoms with van der Waals surface area (Å²) in [6, 6.07) is 10.9. The van der Waals surface area contributed by atoms with Gasteiger partial charge in [0.25, 0.3) is 0 Å². The smallest absolute Gasteiger partial charge is 0.162 e. The number of hydrogen-bond donors (Lipinski definition) is 1. The van der Waals surface area contributed by atoms with Crippen molar-refractivity contribution in [3.8, 4) is 0 Å². The summed E-state index contributed by atoms with van der Waals surface area (Å²) < 4.78 is 11.8. The van der Waals surface area contributed by atoms with Gasteiger partial charge in [-0.3, -0.25) is 0 Å². The number of hydrogen-bond acceptors (Lipinski definition) is 3. The number of ether oxygens (including phenoxy) is 2. The molecular formula is C15H21NO2. The van der Waals surface area contributed by atoms with Gasteiger partial charge in [-0.2, -0.15) is 0 Å². The van der Waals surface area contributed by atoms with Crippen LogP contribution in [0.5, 0.6) is 0 Å². The monoisotopic (exact) mass is 247 g/mol. The maximum absolute atomic E-state index is 6.02. The third-order valence-corrected chi connectivity index (χ3v) is 3.82. The van der Waals surface area contributed by atoms with E-state index < -0.39 is 0 Å². The molecule has 0 bridgehead atoms. The zero-order valence-electron chi connectivity index (χ0n) is 10.7. The fourth-order valence-electron chi connectivity index (χ4n) is 2.80. The first-order valence-corrected chi connectivity index (χ1v) is 6.96. The Morgan fingerprint density at radius 2 is 2.06 bits per heavy atom. The first-order chi connectivity index (χ1) is 8.92. The van der Waals surface area contributed by atoms with Crippen molar-refractivity contribution in [3.05, 3.63) is 35.9 Å². The van der Waals surface area contributed by atoms with Crippen LogP contribution in [0, 0.1) is 0 Å². The molecular weight excluding hydrogens is 226 g/mol. The Balaban J connectivity index is 1.52. The molecule has 0 amide bonds. The first kappa shape index (κ1) is 12.2. The van der Waals surface area contributed by atoms with Crippen LogP contribution in [-0.2, 0) is 15.9 Å². The van der Waals surface area contributed by atoms with Crippen LogP contribution in [-0.4, -0.2) is 31.6 Å². The average Bonchev–Trinajstić information content (AvgIpc) is 2.89. The van der Waals surface area contributed by atoms with E-state index in [1.165, 1.54) is 24.8 Å². The first-order valence-electron chi connectivity index (χ1n) is 6.96. The lowest BCUT2D eigenvalue weighted by Gasteiger charge is -2.27. The SMILES string of the molecule is c1ccc(C[C@@H]2OC[C@H]([C@@H]3CCCCN3)O2)cc1. The van der Waals surface area contributed by atoms with Gasteiger partial charge in [-0.25, -0.2) is 0 Å². The van der Waals surface area contributed by atoms with Crippen molar-refractivity contribution < 1.29 is 9.47 Å². The Morgan fingerprint density at radius 1 is 1.17 bits per heavy atom. The van der Waals surface area contributed by atoms with Gasteiger partial charge in [0.05, 0.1) is 12.7 Å². The third kappa shape index (κ3) is 2.91. The van der Waals surface area contributed by atoms with E-state index in [9.17, 15) is 0 Å². The molecule has 3 rings (SSSR count). The molecule has 0 unspecified atom stereocenters. The molecule has 0 saturated carbocycles. The second-order valence-corrected chi connectivity index (χ2v) is 5.18. The summed E-state index contributed by atoms with van der Waals surface area (Å²) in [5, 5.41) is 3.54. The second kappa shape index (κ2) is 5.83. The molecule has 1 N–H and O–H groups in total. The van der Waals surface area contributed by atoms with Crippen LogP contribution < -0.4 is 5.32 Å². The van der Waals surface area contributed by atoms with Crippen molar-refractivity contribution in [2.75, 3.05) is 13.2 Å². The van der Waals surface area contributed by atoms with Gasteiger partial charge in [0.1, 0.15) is 0 Å². The zero-order valence-corrected chi connectivity index (χ0v) is 10.7. The minimum atomic E-state index is -0.0684. The highest BCUT2D eigenvalue weighted by atomic mass is 16.7. The highest BCUT2D eigenvalue weighted by Crippen LogP contribution is 2.22. The lowest BCUT2D eigenvalue weighted by atomic mass is 10.0. The standard InChI is InChI=1S/C15H21NO2/c1-2-6-12(7-3-1)10-15-17-11-14(18-15)13-8-4-5-9-16-13/h1-3,6-7,13-16H,4-5,8-11H2/t13-,14+,15+/m0/s1. The van der Waals surface area contributed by atoms with E-state index >= 15 is 0 Å². The van der Waals surface area contributed by atoms with E-state index in [0.717, 1.165) is 19.6 Å². The lowest BCUT2D eigenvalue weighted by molar-refractivity contribution is -0.0625. The van der Waals surface area contributed by atoms with E-state index in [4.69, 9.17) is 9.47 Å². The molecule has 2 aliphatic heterocycles. The maximum Gasteiger partial charge on any atom is 0.162 e. The number of nitrogens with one attached hydrogen (secondary N) is 1. The molecule has 1 aromatic carbocycles. The summed E-state index contributed by atoms with van der Waals surface area (Å²) in [5.41, 5.74) is 1.28. The minimum Gasteiger partial charge on any atom is -0.350 e. The lowest BCUT2D eigenvalue weighted by Crippen LogP contribution is -2.44. The third-order valence-electron chi connectivity index (χ3n) is 3.82. The molecule has 2 saturated heterocycles. The molecule has 3 heteroatoms. The summed E-state index contributed by atoms with van der Waals surface area (Å²) in [5.74, 6) is 0. The molecule has 18 heavy (non-hydrogen) atoms. The summed E-state index contributed by atoms with van der Waals surface area (Å²) in [6.45, 7) is 1.85. The summed E-state index contributed by atoms with van der Waals surface area (Å²) in [7, 11) is 0. The van der Waals surface area contributed by atoms with Crippen molar-refractivity contribution >= 4 is 0 Å². The van der Waals surface area contributed by atoms with Crippen molar-refractivity contribution in [2.45, 2.75) is 44.1 Å². The van der Waals surface area contributed by atoms with Gasteiger partial charge in [0.2, 0.25) is 0 Å². The summed E-state index contributed by atoms with van der Waals surface area (Å²) >= 11 is 0. The van der Waals surface area contributed by atoms with Crippen LogP contribution in [0.15, 0.2) is 30.3 Å². The van der Waals surface area contributed by atoms with Crippen LogP contribution in [0.2, 0.25) is 0 Å². The number of benzene rings is 1. The normalized spacial score (nSPS) is 32.6. The molecule has 0 spiro atoms. The van der Waals surface area contributed by atoms with Crippen LogP contribution >= 0.6 is 0 Å². The number of rotatable bonds is 3. The Labute approximate surface area is 108 Å². The van der Waals surface area contributed by atoms with Gasteiger partial charge in [-0.1, -0.05) is 36.8 Å². The van der Waals surface area contributed by atoms with Crippen molar-refractivity contribution in [1.82, 2.24) is 5.32 Å². The highest BCUT2D eigenvalue weighted by molar-refractivity contribution is 5.15. The van der Waals surface area contributed by atoms with Crippen molar-refractivity contribution in [3.63, 3.8) is 0 Å². The van der Waals surface area contributed by atoms with Crippen LogP contribution in [0.3, 0.4) is 0 Å². The fraction of sp³-hybridized carbons (Fsp3) is 0.600. The summed E-state index contributed by atoms with van der Waals surface area (Å²) in [4.78, 5) is 0. The average molecular weight is 247 g/mol. The zero-order chi connectivity index (χ0) is 12.2. The highest BCUT2D eigenvalue weighted by Gasteiger charge is 2.32. The van der Waals surface area contributed by atoms with Gasteiger partial charge in [-0.05, 0) is 24.9 Å². The molecule has 0 aromatic heterocycles. The van der Waals surface area contributed by atoms with Gasteiger partial charge in [0.15, 0.2) is 6.29 Å². The van der Waals surface area contributed by atoms with Crippen LogP contribution in [0.4, 0.5) is 0 Å². The predicted molar refractivity (Wildman–Crippen MR) is 70.4 cm³/mol. The molecule has 1 aromatic rings. The topological polar surface area (TPSA) is 30.5 Å². The Hall–Kier alpha value is -0.900. The molecule has 98 valence electrons. The molecule has 2 aliphatic rings. The molecule has 2 fully saturated rings. The molecule has 0 radical (unpaired) electrons. The number of piperidine rings is 1. The molecule has 2 heterocycles. The predicted octanol–water partition coefficient (Wildman–Crippen LogP) is 2.11. The maximum atomic E-state index is 6.02. The van der Waals surface area contributed by atoms with Gasteiger partial charge in [-0.15, -0.1) is 0 Å². The van der Waals surface area contributed by atoms with E-state index in [1.54, 1.807) is 0 Å². The van der Waals surface area contributed by atoms with Crippen LogP contribution in [0.25, 0.3) is 0 Å². The second-order valence-electron chi connectivity index (χ2n) is 5.18. The van der Waals surface area contributed by atoms with Gasteiger partial charge in [0, 0.05) is 12.5 Å². The van der Waals surface area contributed by atoms with E-state index in [2.05, 4.69) is 29.6 Å². The summed E-state index contributed by atoms with van der Waals surface area (Å²) in [6.07, 6.45) is 4.83. The Morgan fingerprint density at radius 3 is 2.83 bits per heavy atom. The minimum absolute atomic E-state index is 0.0684. The fourth-order valence-corrected chi connectivity index (χ4v) is 2.80. The Kier molecular flexibility index (Phi) is 3.93. The quantitative estimate of drug-likeness (QED) is 0.887. The van der Waals surface area contributed by atoms with Gasteiger partial charge < -0.3 is 14.8 Å².